The number of aliphatic carboxylic acids is 1. The Kier molecular flexibility index (Phi) is 4.79. The molecule has 0 saturated carbocycles. The van der Waals surface area contributed by atoms with Crippen molar-refractivity contribution in [2.75, 3.05) is 11.9 Å². The number of carbonyl (C=O) groups excluding carboxylic acids is 2. The van der Waals surface area contributed by atoms with Crippen LogP contribution in [0, 0.1) is 0 Å². The van der Waals surface area contributed by atoms with Gasteiger partial charge in [-0.1, -0.05) is 0 Å². The normalized spacial score (nSPS) is 20.4. The summed E-state index contributed by atoms with van der Waals surface area (Å²) in [5, 5.41) is 11.6. The van der Waals surface area contributed by atoms with Crippen molar-refractivity contribution < 1.29 is 32.7 Å². The molecule has 2 rings (SSSR count). The van der Waals surface area contributed by atoms with Gasteiger partial charge in [-0.25, -0.2) is 4.79 Å². The minimum atomic E-state index is -4.72. The third kappa shape index (κ3) is 3.75. The molecule has 2 N–H and O–H groups in total. The Bertz CT molecular complexity index is 733. The highest BCUT2D eigenvalue weighted by Crippen LogP contribution is 2.35. The van der Waals surface area contributed by atoms with Gasteiger partial charge in [-0.2, -0.15) is 13.2 Å². The lowest BCUT2D eigenvalue weighted by molar-refractivity contribution is -0.147. The molecule has 1 atom stereocenters. The molecular formula is C16H17F3N2O4. The van der Waals surface area contributed by atoms with Crippen molar-refractivity contribution in [2.45, 2.75) is 38.4 Å². The molecular weight excluding hydrogens is 341 g/mol. The molecule has 0 aromatic heterocycles. The highest BCUT2D eigenvalue weighted by molar-refractivity contribution is 6.00. The maximum Gasteiger partial charge on any atom is 0.416 e. The molecule has 2 amide bonds. The average Bonchev–Trinajstić information content (AvgIpc) is 2.88. The molecule has 1 saturated heterocycles. The first kappa shape index (κ1) is 18.8. The Balaban J connectivity index is 2.48. The van der Waals surface area contributed by atoms with Crippen LogP contribution < -0.4 is 5.32 Å². The van der Waals surface area contributed by atoms with Crippen LogP contribution in [0.2, 0.25) is 0 Å². The Morgan fingerprint density at radius 3 is 2.40 bits per heavy atom. The number of benzene rings is 1. The number of hydrogen-bond donors (Lipinski definition) is 2. The fourth-order valence-corrected chi connectivity index (χ4v) is 2.86. The third-order valence-electron chi connectivity index (χ3n) is 4.17. The van der Waals surface area contributed by atoms with E-state index in [1.807, 2.05) is 0 Å². The Labute approximate surface area is 141 Å². The SMILES string of the molecule is CC(=O)Nc1cc(C(=O)N2CCCC2(C)C(=O)O)cc(C(F)(F)F)c1. The lowest BCUT2D eigenvalue weighted by atomic mass is 9.98. The fourth-order valence-electron chi connectivity index (χ4n) is 2.86. The van der Waals surface area contributed by atoms with Gasteiger partial charge in [0.2, 0.25) is 5.91 Å². The Morgan fingerprint density at radius 1 is 1.24 bits per heavy atom. The highest BCUT2D eigenvalue weighted by atomic mass is 19.4. The lowest BCUT2D eigenvalue weighted by Gasteiger charge is -2.31. The van der Waals surface area contributed by atoms with Crippen molar-refractivity contribution in [3.05, 3.63) is 29.3 Å². The average molecular weight is 358 g/mol. The number of likely N-dealkylation sites (tertiary alicyclic amines) is 1. The van der Waals surface area contributed by atoms with Crippen molar-refractivity contribution in [3.8, 4) is 0 Å². The van der Waals surface area contributed by atoms with Crippen molar-refractivity contribution in [3.63, 3.8) is 0 Å². The molecule has 1 aliphatic heterocycles. The predicted molar refractivity (Wildman–Crippen MR) is 82.1 cm³/mol. The van der Waals surface area contributed by atoms with Crippen molar-refractivity contribution in [1.82, 2.24) is 4.90 Å². The van der Waals surface area contributed by atoms with E-state index in [0.717, 1.165) is 24.0 Å². The van der Waals surface area contributed by atoms with Crippen LogP contribution in [-0.4, -0.2) is 39.9 Å². The van der Waals surface area contributed by atoms with Gasteiger partial charge in [-0.3, -0.25) is 9.59 Å². The molecule has 6 nitrogen and oxygen atoms in total. The molecule has 25 heavy (non-hydrogen) atoms. The van der Waals surface area contributed by atoms with E-state index in [2.05, 4.69) is 5.32 Å². The molecule has 1 unspecified atom stereocenters. The number of nitrogens with zero attached hydrogens (tertiary/aromatic N) is 1. The molecule has 1 fully saturated rings. The number of alkyl halides is 3. The number of halogens is 3. The quantitative estimate of drug-likeness (QED) is 0.870. The fraction of sp³-hybridized carbons (Fsp3) is 0.438. The molecule has 1 aliphatic rings. The van der Waals surface area contributed by atoms with E-state index in [9.17, 15) is 32.7 Å². The molecule has 0 spiro atoms. The summed E-state index contributed by atoms with van der Waals surface area (Å²) in [4.78, 5) is 36.3. The van der Waals surface area contributed by atoms with Crippen LogP contribution in [-0.2, 0) is 15.8 Å². The summed E-state index contributed by atoms with van der Waals surface area (Å²) in [6.45, 7) is 2.62. The molecule has 1 aromatic rings. The van der Waals surface area contributed by atoms with Crippen LogP contribution in [0.15, 0.2) is 18.2 Å². The minimum absolute atomic E-state index is 0.132. The van der Waals surface area contributed by atoms with Crippen LogP contribution in [0.4, 0.5) is 18.9 Å². The molecule has 1 heterocycles. The number of amides is 2. The summed E-state index contributed by atoms with van der Waals surface area (Å²) < 4.78 is 39.2. The topological polar surface area (TPSA) is 86.7 Å². The summed E-state index contributed by atoms with van der Waals surface area (Å²) in [7, 11) is 0. The van der Waals surface area contributed by atoms with Gasteiger partial charge in [0.15, 0.2) is 0 Å². The predicted octanol–water partition coefficient (Wildman–Crippen LogP) is 2.74. The Morgan fingerprint density at radius 2 is 1.88 bits per heavy atom. The van der Waals surface area contributed by atoms with Gasteiger partial charge in [-0.15, -0.1) is 0 Å². The molecule has 0 bridgehead atoms. The number of rotatable bonds is 3. The van der Waals surface area contributed by atoms with Crippen molar-refractivity contribution in [2.24, 2.45) is 0 Å². The number of carboxylic acid groups (broad SMARTS) is 1. The highest BCUT2D eigenvalue weighted by Gasteiger charge is 2.46. The summed E-state index contributed by atoms with van der Waals surface area (Å²) in [5.41, 5.74) is -3.08. The zero-order valence-electron chi connectivity index (χ0n) is 13.6. The van der Waals surface area contributed by atoms with Crippen LogP contribution in [0.25, 0.3) is 0 Å². The van der Waals surface area contributed by atoms with Gasteiger partial charge >= 0.3 is 12.1 Å². The van der Waals surface area contributed by atoms with Gasteiger partial charge in [-0.05, 0) is 38.0 Å². The molecule has 0 aliphatic carbocycles. The van der Waals surface area contributed by atoms with Gasteiger partial charge in [0.05, 0.1) is 5.56 Å². The summed E-state index contributed by atoms with van der Waals surface area (Å²) in [5.74, 6) is -2.62. The van der Waals surface area contributed by atoms with Gasteiger partial charge in [0.25, 0.3) is 5.91 Å². The van der Waals surface area contributed by atoms with Crippen molar-refractivity contribution in [1.29, 1.82) is 0 Å². The minimum Gasteiger partial charge on any atom is -0.480 e. The first-order valence-corrected chi connectivity index (χ1v) is 7.50. The Hall–Kier alpha value is -2.58. The second kappa shape index (κ2) is 6.38. The van der Waals surface area contributed by atoms with E-state index in [0.29, 0.717) is 12.5 Å². The zero-order valence-corrected chi connectivity index (χ0v) is 13.6. The first-order valence-electron chi connectivity index (χ1n) is 7.50. The zero-order chi connectivity index (χ0) is 19.0. The number of anilines is 1. The van der Waals surface area contributed by atoms with E-state index >= 15 is 0 Å². The van der Waals surface area contributed by atoms with E-state index < -0.39 is 35.1 Å². The summed E-state index contributed by atoms with van der Waals surface area (Å²) >= 11 is 0. The number of nitrogens with one attached hydrogen (secondary N) is 1. The largest absolute Gasteiger partial charge is 0.480 e. The van der Waals surface area contributed by atoms with Gasteiger partial charge in [0.1, 0.15) is 5.54 Å². The van der Waals surface area contributed by atoms with Crippen LogP contribution in [0.1, 0.15) is 42.6 Å². The number of carboxylic acids is 1. The van der Waals surface area contributed by atoms with Gasteiger partial charge < -0.3 is 15.3 Å². The van der Waals surface area contributed by atoms with E-state index in [-0.39, 0.29) is 24.2 Å². The van der Waals surface area contributed by atoms with E-state index in [1.54, 1.807) is 0 Å². The summed E-state index contributed by atoms with van der Waals surface area (Å²) in [6.07, 6.45) is -4.07. The summed E-state index contributed by atoms with van der Waals surface area (Å²) in [6, 6.07) is 2.49. The van der Waals surface area contributed by atoms with E-state index in [1.165, 1.54) is 6.92 Å². The third-order valence-corrected chi connectivity index (χ3v) is 4.17. The first-order chi connectivity index (χ1) is 11.4. The number of hydrogen-bond acceptors (Lipinski definition) is 3. The second-order valence-corrected chi connectivity index (χ2v) is 6.12. The number of carbonyl (C=O) groups is 3. The van der Waals surface area contributed by atoms with E-state index in [4.69, 9.17) is 0 Å². The molecule has 136 valence electrons. The monoisotopic (exact) mass is 358 g/mol. The maximum atomic E-state index is 13.1. The van der Waals surface area contributed by atoms with Crippen LogP contribution in [0.5, 0.6) is 0 Å². The van der Waals surface area contributed by atoms with Gasteiger partial charge in [0, 0.05) is 24.7 Å². The molecule has 0 radical (unpaired) electrons. The second-order valence-electron chi connectivity index (χ2n) is 6.12. The lowest BCUT2D eigenvalue weighted by Crippen LogP contribution is -2.50. The smallest absolute Gasteiger partial charge is 0.416 e. The van der Waals surface area contributed by atoms with Crippen LogP contribution in [0.3, 0.4) is 0 Å². The molecule has 9 heteroatoms. The standard InChI is InChI=1S/C16H17F3N2O4/c1-9(22)20-12-7-10(6-11(8-12)16(17,18)19)13(23)21-5-3-4-15(21,2)14(24)25/h6-8H,3-5H2,1-2H3,(H,20,22)(H,24,25). The molecule has 1 aromatic carbocycles. The van der Waals surface area contributed by atoms with Crippen LogP contribution >= 0.6 is 0 Å². The maximum absolute atomic E-state index is 13.1. The van der Waals surface area contributed by atoms with Crippen molar-refractivity contribution >= 4 is 23.5 Å².